The van der Waals surface area contributed by atoms with Crippen molar-refractivity contribution in [2.75, 3.05) is 26.2 Å². The van der Waals surface area contributed by atoms with E-state index in [2.05, 4.69) is 5.16 Å². The molecule has 2 heterocycles. The minimum Gasteiger partial charge on any atom is -0.360 e. The van der Waals surface area contributed by atoms with Gasteiger partial charge in [-0.25, -0.2) is 8.42 Å². The highest BCUT2D eigenvalue weighted by atomic mass is 32.2. The molecule has 1 saturated heterocycles. The second kappa shape index (κ2) is 8.87. The first-order chi connectivity index (χ1) is 15.0. The maximum absolute atomic E-state index is 13.2. The normalized spacial score (nSPS) is 15.5. The third-order valence-corrected chi connectivity index (χ3v) is 6.81. The molecular formula is C23H23N3O4S. The number of sulfonamides is 1. The molecule has 0 spiro atoms. The smallest absolute Gasteiger partial charge is 0.259 e. The van der Waals surface area contributed by atoms with Crippen molar-refractivity contribution in [3.8, 4) is 11.3 Å². The largest absolute Gasteiger partial charge is 0.360 e. The van der Waals surface area contributed by atoms with Crippen LogP contribution in [0.2, 0.25) is 0 Å². The van der Waals surface area contributed by atoms with E-state index in [-0.39, 0.29) is 19.0 Å². The molecule has 0 N–H and O–H groups in total. The van der Waals surface area contributed by atoms with Crippen LogP contribution in [0.25, 0.3) is 17.3 Å². The van der Waals surface area contributed by atoms with Crippen LogP contribution in [-0.4, -0.2) is 54.9 Å². The Balaban J connectivity index is 1.45. The molecule has 0 atom stereocenters. The Morgan fingerprint density at radius 1 is 0.968 bits per heavy atom. The lowest BCUT2D eigenvalue weighted by molar-refractivity contribution is 0.0697. The average molecular weight is 438 g/mol. The lowest BCUT2D eigenvalue weighted by Crippen LogP contribution is -2.50. The summed E-state index contributed by atoms with van der Waals surface area (Å²) in [5.74, 6) is 0.249. The van der Waals surface area contributed by atoms with Gasteiger partial charge in [0.1, 0.15) is 17.0 Å². The third-order valence-electron chi connectivity index (χ3n) is 5.24. The van der Waals surface area contributed by atoms with E-state index in [1.807, 2.05) is 60.7 Å². The summed E-state index contributed by atoms with van der Waals surface area (Å²) in [7, 11) is -3.56. The molecule has 0 unspecified atom stereocenters. The fourth-order valence-corrected chi connectivity index (χ4v) is 4.71. The zero-order valence-electron chi connectivity index (χ0n) is 17.1. The van der Waals surface area contributed by atoms with E-state index in [0.29, 0.717) is 30.1 Å². The number of aromatic nitrogens is 1. The Bertz CT molecular complexity index is 1180. The van der Waals surface area contributed by atoms with Gasteiger partial charge in [-0.2, -0.15) is 4.31 Å². The second-order valence-electron chi connectivity index (χ2n) is 7.28. The van der Waals surface area contributed by atoms with Gasteiger partial charge in [0.2, 0.25) is 10.0 Å². The van der Waals surface area contributed by atoms with Crippen molar-refractivity contribution < 1.29 is 17.7 Å². The van der Waals surface area contributed by atoms with Gasteiger partial charge < -0.3 is 9.42 Å². The minimum atomic E-state index is -3.56. The van der Waals surface area contributed by atoms with Crippen LogP contribution in [0.5, 0.6) is 0 Å². The minimum absolute atomic E-state index is 0.200. The molecule has 4 rings (SSSR count). The van der Waals surface area contributed by atoms with Gasteiger partial charge in [0, 0.05) is 37.2 Å². The molecule has 1 fully saturated rings. The molecule has 1 aliphatic heterocycles. The van der Waals surface area contributed by atoms with E-state index >= 15 is 0 Å². The molecular weight excluding hydrogens is 414 g/mol. The quantitative estimate of drug-likeness (QED) is 0.611. The Morgan fingerprint density at radius 2 is 1.58 bits per heavy atom. The molecule has 1 aromatic heterocycles. The maximum Gasteiger partial charge on any atom is 0.259 e. The van der Waals surface area contributed by atoms with E-state index < -0.39 is 10.0 Å². The van der Waals surface area contributed by atoms with Gasteiger partial charge >= 0.3 is 0 Å². The van der Waals surface area contributed by atoms with Crippen molar-refractivity contribution in [2.24, 2.45) is 0 Å². The number of carbonyl (C=O) groups excluding carboxylic acids is 1. The fraction of sp³-hybridized carbons (Fsp3) is 0.217. The molecule has 2 aromatic carbocycles. The Labute approximate surface area is 181 Å². The van der Waals surface area contributed by atoms with E-state index in [9.17, 15) is 13.2 Å². The van der Waals surface area contributed by atoms with Gasteiger partial charge in [0.25, 0.3) is 5.91 Å². The summed E-state index contributed by atoms with van der Waals surface area (Å²) in [6.07, 6.45) is 1.58. The van der Waals surface area contributed by atoms with E-state index in [1.165, 1.54) is 9.71 Å². The monoisotopic (exact) mass is 437 g/mol. The first-order valence-corrected chi connectivity index (χ1v) is 11.5. The lowest BCUT2D eigenvalue weighted by Gasteiger charge is -2.33. The summed E-state index contributed by atoms with van der Waals surface area (Å²) in [5, 5.41) is 5.29. The molecule has 1 aliphatic rings. The first kappa shape index (κ1) is 21.0. The van der Waals surface area contributed by atoms with Crippen LogP contribution in [0.3, 0.4) is 0 Å². The second-order valence-corrected chi connectivity index (χ2v) is 9.10. The predicted octanol–water partition coefficient (Wildman–Crippen LogP) is 3.41. The third kappa shape index (κ3) is 4.60. The predicted molar refractivity (Wildman–Crippen MR) is 119 cm³/mol. The highest BCUT2D eigenvalue weighted by Gasteiger charge is 2.31. The van der Waals surface area contributed by atoms with Crippen LogP contribution < -0.4 is 0 Å². The van der Waals surface area contributed by atoms with Gasteiger partial charge in [-0.3, -0.25) is 4.79 Å². The molecule has 0 saturated carbocycles. The molecule has 7 nitrogen and oxygen atoms in total. The SMILES string of the molecule is Cc1onc(-c2ccccc2)c1C(=O)N1CCN(S(=O)(=O)/C=C/c2ccccc2)CC1. The number of hydrogen-bond acceptors (Lipinski definition) is 5. The summed E-state index contributed by atoms with van der Waals surface area (Å²) in [6, 6.07) is 18.7. The Morgan fingerprint density at radius 3 is 2.23 bits per heavy atom. The van der Waals surface area contributed by atoms with E-state index in [0.717, 1.165) is 11.1 Å². The number of piperazine rings is 1. The number of hydrogen-bond donors (Lipinski definition) is 0. The number of benzene rings is 2. The molecule has 3 aromatic rings. The van der Waals surface area contributed by atoms with Crippen molar-refractivity contribution in [1.29, 1.82) is 0 Å². The van der Waals surface area contributed by atoms with Crippen molar-refractivity contribution in [3.63, 3.8) is 0 Å². The summed E-state index contributed by atoms with van der Waals surface area (Å²) in [5.41, 5.74) is 2.54. The van der Waals surface area contributed by atoms with Crippen molar-refractivity contribution in [2.45, 2.75) is 6.92 Å². The number of amides is 1. The number of carbonyl (C=O) groups is 1. The van der Waals surface area contributed by atoms with Gasteiger partial charge in [-0.1, -0.05) is 65.8 Å². The van der Waals surface area contributed by atoms with Crippen LogP contribution in [-0.2, 0) is 10.0 Å². The van der Waals surface area contributed by atoms with Crippen molar-refractivity contribution in [1.82, 2.24) is 14.4 Å². The van der Waals surface area contributed by atoms with Gasteiger partial charge in [-0.15, -0.1) is 0 Å². The van der Waals surface area contributed by atoms with Crippen LogP contribution in [0.4, 0.5) is 0 Å². The topological polar surface area (TPSA) is 83.7 Å². The lowest BCUT2D eigenvalue weighted by atomic mass is 10.0. The van der Waals surface area contributed by atoms with Crippen molar-refractivity contribution >= 4 is 22.0 Å². The van der Waals surface area contributed by atoms with Gasteiger partial charge in [-0.05, 0) is 18.6 Å². The highest BCUT2D eigenvalue weighted by Crippen LogP contribution is 2.27. The Hall–Kier alpha value is -3.23. The van der Waals surface area contributed by atoms with Crippen LogP contribution in [0.15, 0.2) is 70.6 Å². The molecule has 31 heavy (non-hydrogen) atoms. The molecule has 8 heteroatoms. The van der Waals surface area contributed by atoms with Crippen LogP contribution >= 0.6 is 0 Å². The molecule has 160 valence electrons. The standard InChI is InChI=1S/C23H23N3O4S/c1-18-21(22(24-30-18)20-10-6-3-7-11-20)23(27)25-13-15-26(16-14-25)31(28,29)17-12-19-8-4-2-5-9-19/h2-12,17H,13-16H2,1H3/b17-12+. The van der Waals surface area contributed by atoms with Crippen molar-refractivity contribution in [3.05, 3.63) is 83.0 Å². The van der Waals surface area contributed by atoms with Crippen LogP contribution in [0.1, 0.15) is 21.7 Å². The van der Waals surface area contributed by atoms with E-state index in [1.54, 1.807) is 17.9 Å². The molecule has 0 radical (unpaired) electrons. The van der Waals surface area contributed by atoms with Crippen LogP contribution in [0, 0.1) is 6.92 Å². The number of rotatable bonds is 5. The summed E-state index contributed by atoms with van der Waals surface area (Å²) >= 11 is 0. The number of nitrogens with zero attached hydrogens (tertiary/aromatic N) is 3. The van der Waals surface area contributed by atoms with Gasteiger partial charge in [0.15, 0.2) is 0 Å². The Kier molecular flexibility index (Phi) is 6.01. The summed E-state index contributed by atoms with van der Waals surface area (Å²) in [4.78, 5) is 14.8. The molecule has 1 amide bonds. The zero-order chi connectivity index (χ0) is 21.8. The average Bonchev–Trinajstić information content (AvgIpc) is 3.20. The maximum atomic E-state index is 13.2. The first-order valence-electron chi connectivity index (χ1n) is 10.00. The summed E-state index contributed by atoms with van der Waals surface area (Å²) in [6.45, 7) is 2.78. The highest BCUT2D eigenvalue weighted by molar-refractivity contribution is 7.92. The van der Waals surface area contributed by atoms with Gasteiger partial charge in [0.05, 0.1) is 0 Å². The summed E-state index contributed by atoms with van der Waals surface area (Å²) < 4.78 is 32.0. The fourth-order valence-electron chi connectivity index (χ4n) is 3.54. The van der Waals surface area contributed by atoms with E-state index in [4.69, 9.17) is 4.52 Å². The number of aryl methyl sites for hydroxylation is 1. The zero-order valence-corrected chi connectivity index (χ0v) is 18.0. The molecule has 0 aliphatic carbocycles. The molecule has 0 bridgehead atoms.